The van der Waals surface area contributed by atoms with Crippen LogP contribution in [0.15, 0.2) is 36.4 Å². The van der Waals surface area contributed by atoms with E-state index in [2.05, 4.69) is 12.2 Å². The lowest BCUT2D eigenvalue weighted by Crippen LogP contribution is -2.43. The lowest BCUT2D eigenvalue weighted by atomic mass is 10.1. The Morgan fingerprint density at radius 3 is 2.56 bits per heavy atom. The quantitative estimate of drug-likeness (QED) is 0.442. The number of cyclic esters (lactones) is 1. The summed E-state index contributed by atoms with van der Waals surface area (Å²) in [6.45, 7) is 2.73. The minimum Gasteiger partial charge on any atom is -0.494 e. The van der Waals surface area contributed by atoms with Crippen molar-refractivity contribution >= 4 is 23.5 Å². The molecule has 2 atom stereocenters. The van der Waals surface area contributed by atoms with Crippen molar-refractivity contribution in [1.29, 1.82) is 0 Å². The highest BCUT2D eigenvalue weighted by Gasteiger charge is 2.47. The molecule has 34 heavy (non-hydrogen) atoms. The van der Waals surface area contributed by atoms with Crippen LogP contribution in [0, 0.1) is 0 Å². The van der Waals surface area contributed by atoms with Gasteiger partial charge in [0.25, 0.3) is 0 Å². The van der Waals surface area contributed by atoms with Crippen LogP contribution in [0.5, 0.6) is 17.2 Å². The predicted octanol–water partition coefficient (Wildman–Crippen LogP) is 3.68. The molecule has 1 N–H and O–H groups in total. The molecule has 2 aliphatic heterocycles. The normalized spacial score (nSPS) is 19.0. The van der Waals surface area contributed by atoms with Gasteiger partial charge in [0.1, 0.15) is 17.4 Å². The summed E-state index contributed by atoms with van der Waals surface area (Å²) < 4.78 is 21.8. The van der Waals surface area contributed by atoms with Crippen LogP contribution >= 0.6 is 0 Å². The van der Waals surface area contributed by atoms with Crippen molar-refractivity contribution in [2.45, 2.75) is 44.9 Å². The number of nitrogens with one attached hydrogen (secondary N) is 1. The molecule has 4 rings (SSSR count). The first kappa shape index (κ1) is 23.4. The van der Waals surface area contributed by atoms with E-state index in [9.17, 15) is 14.4 Å². The molecule has 9 heteroatoms. The van der Waals surface area contributed by atoms with Crippen molar-refractivity contribution in [2.24, 2.45) is 0 Å². The Bertz CT molecular complexity index is 1080. The third kappa shape index (κ3) is 4.37. The Balaban J connectivity index is 1.52. The predicted molar refractivity (Wildman–Crippen MR) is 123 cm³/mol. The number of methoxy groups -OCH3 is 2. The summed E-state index contributed by atoms with van der Waals surface area (Å²) in [5, 5.41) is 2.85. The maximum Gasteiger partial charge on any atom is 0.344 e. The van der Waals surface area contributed by atoms with Gasteiger partial charge in [0, 0.05) is 17.7 Å². The van der Waals surface area contributed by atoms with Gasteiger partial charge in [-0.25, -0.2) is 4.79 Å². The van der Waals surface area contributed by atoms with Gasteiger partial charge in [-0.05, 0) is 49.2 Å². The maximum absolute atomic E-state index is 13.1. The Kier molecular flexibility index (Phi) is 6.90. The lowest BCUT2D eigenvalue weighted by molar-refractivity contribution is -0.144. The average Bonchev–Trinajstić information content (AvgIpc) is 3.39. The lowest BCUT2D eigenvalue weighted by Gasteiger charge is -2.29. The highest BCUT2D eigenvalue weighted by Crippen LogP contribution is 2.45. The van der Waals surface area contributed by atoms with Gasteiger partial charge in [0.2, 0.25) is 18.0 Å². The van der Waals surface area contributed by atoms with Crippen LogP contribution in [0.3, 0.4) is 0 Å². The standard InChI is InChI=1S/C25H28N2O7/c1-4-5-14-33-16-8-6-15(7-9-16)26-23(29)18-11-13-20(28)27(18)24-17-10-12-19(31-2)22(32-3)21(17)25(30)34-24/h6-10,12,18,24H,4-5,11,13-14H2,1-3H3,(H,26,29)/t18-,24+/m1/s1. The molecule has 0 unspecified atom stereocenters. The molecule has 1 fully saturated rings. The number of carbonyl (C=O) groups is 3. The topological polar surface area (TPSA) is 103 Å². The number of likely N-dealkylation sites (tertiary alicyclic amines) is 1. The van der Waals surface area contributed by atoms with Crippen LogP contribution in [0.1, 0.15) is 54.8 Å². The third-order valence-electron chi connectivity index (χ3n) is 5.97. The number of nitrogens with zero attached hydrogens (tertiary/aromatic N) is 1. The molecule has 9 nitrogen and oxygen atoms in total. The Morgan fingerprint density at radius 1 is 1.12 bits per heavy atom. The molecule has 2 aromatic carbocycles. The van der Waals surface area contributed by atoms with Gasteiger partial charge < -0.3 is 24.3 Å². The number of benzene rings is 2. The Labute approximate surface area is 197 Å². The second-order valence-corrected chi connectivity index (χ2v) is 8.09. The molecule has 0 radical (unpaired) electrons. The zero-order chi connectivity index (χ0) is 24.2. The van der Waals surface area contributed by atoms with Gasteiger partial charge >= 0.3 is 5.97 Å². The van der Waals surface area contributed by atoms with E-state index in [1.165, 1.54) is 19.1 Å². The smallest absolute Gasteiger partial charge is 0.344 e. The molecule has 1 saturated heterocycles. The van der Waals surface area contributed by atoms with E-state index in [0.717, 1.165) is 18.6 Å². The number of hydrogen-bond acceptors (Lipinski definition) is 7. The van der Waals surface area contributed by atoms with E-state index in [-0.39, 0.29) is 29.5 Å². The van der Waals surface area contributed by atoms with Crippen LogP contribution in [-0.4, -0.2) is 49.6 Å². The summed E-state index contributed by atoms with van der Waals surface area (Å²) >= 11 is 0. The molecule has 2 amide bonds. The van der Waals surface area contributed by atoms with E-state index in [1.54, 1.807) is 36.4 Å². The van der Waals surface area contributed by atoms with E-state index >= 15 is 0 Å². The zero-order valence-electron chi connectivity index (χ0n) is 19.5. The average molecular weight is 469 g/mol. The summed E-state index contributed by atoms with van der Waals surface area (Å²) in [7, 11) is 2.90. The monoisotopic (exact) mass is 468 g/mol. The number of fused-ring (bicyclic) bond motifs is 1. The second kappa shape index (κ2) is 10.0. The van der Waals surface area contributed by atoms with Gasteiger partial charge in [-0.3, -0.25) is 14.5 Å². The van der Waals surface area contributed by atoms with Gasteiger partial charge in [0.05, 0.1) is 20.8 Å². The second-order valence-electron chi connectivity index (χ2n) is 8.09. The van der Waals surface area contributed by atoms with E-state index < -0.39 is 18.2 Å². The van der Waals surface area contributed by atoms with Gasteiger partial charge in [-0.1, -0.05) is 13.3 Å². The van der Waals surface area contributed by atoms with Gasteiger partial charge in [-0.2, -0.15) is 0 Å². The van der Waals surface area contributed by atoms with Crippen LogP contribution in [0.25, 0.3) is 0 Å². The van der Waals surface area contributed by atoms with Crippen molar-refractivity contribution < 1.29 is 33.3 Å². The molecule has 0 aliphatic carbocycles. The minimum absolute atomic E-state index is 0.180. The van der Waals surface area contributed by atoms with Crippen molar-refractivity contribution in [3.63, 3.8) is 0 Å². The molecule has 0 spiro atoms. The fraction of sp³-hybridized carbons (Fsp3) is 0.400. The van der Waals surface area contributed by atoms with E-state index in [4.69, 9.17) is 18.9 Å². The number of ether oxygens (including phenoxy) is 4. The largest absolute Gasteiger partial charge is 0.494 e. The first-order chi connectivity index (χ1) is 16.5. The first-order valence-electron chi connectivity index (χ1n) is 11.3. The van der Waals surface area contributed by atoms with E-state index in [0.29, 0.717) is 30.0 Å². The van der Waals surface area contributed by atoms with Crippen molar-refractivity contribution in [2.75, 3.05) is 26.1 Å². The van der Waals surface area contributed by atoms with Crippen molar-refractivity contribution in [3.8, 4) is 17.2 Å². The number of anilines is 1. The number of rotatable bonds is 9. The fourth-order valence-corrected chi connectivity index (χ4v) is 4.24. The number of unbranched alkanes of at least 4 members (excludes halogenated alkanes) is 1. The first-order valence-corrected chi connectivity index (χ1v) is 11.3. The van der Waals surface area contributed by atoms with Crippen molar-refractivity contribution in [3.05, 3.63) is 47.5 Å². The van der Waals surface area contributed by atoms with Gasteiger partial charge in [0.15, 0.2) is 11.5 Å². The molecular formula is C25H28N2O7. The SMILES string of the molecule is CCCCOc1ccc(NC(=O)[C@H]2CCC(=O)N2[C@H]2OC(=O)c3c2ccc(OC)c3OC)cc1. The molecular weight excluding hydrogens is 440 g/mol. The Hall–Kier alpha value is -3.75. The Morgan fingerprint density at radius 2 is 1.88 bits per heavy atom. The molecule has 2 heterocycles. The van der Waals surface area contributed by atoms with Gasteiger partial charge in [-0.15, -0.1) is 0 Å². The van der Waals surface area contributed by atoms with Crippen LogP contribution in [0.4, 0.5) is 5.69 Å². The number of esters is 1. The molecule has 2 aliphatic rings. The molecule has 0 bridgehead atoms. The zero-order valence-corrected chi connectivity index (χ0v) is 19.5. The summed E-state index contributed by atoms with van der Waals surface area (Å²) in [6, 6.07) is 9.60. The molecule has 2 aromatic rings. The minimum atomic E-state index is -1.01. The number of amides is 2. The third-order valence-corrected chi connectivity index (χ3v) is 5.97. The number of hydrogen-bond donors (Lipinski definition) is 1. The summed E-state index contributed by atoms with van der Waals surface area (Å²) in [5.74, 6) is 0.0939. The highest BCUT2D eigenvalue weighted by atomic mass is 16.6. The van der Waals surface area contributed by atoms with E-state index in [1.807, 2.05) is 0 Å². The molecule has 180 valence electrons. The number of carbonyl (C=O) groups excluding carboxylic acids is 3. The highest BCUT2D eigenvalue weighted by molar-refractivity contribution is 6.01. The van der Waals surface area contributed by atoms with Crippen molar-refractivity contribution in [1.82, 2.24) is 4.90 Å². The summed E-state index contributed by atoms with van der Waals surface area (Å²) in [6.07, 6.45) is 1.50. The van der Waals surface area contributed by atoms with Crippen LogP contribution in [0.2, 0.25) is 0 Å². The summed E-state index contributed by atoms with van der Waals surface area (Å²) in [4.78, 5) is 39.9. The maximum atomic E-state index is 13.1. The molecule has 0 saturated carbocycles. The van der Waals surface area contributed by atoms with Crippen LogP contribution in [-0.2, 0) is 14.3 Å². The molecule has 0 aromatic heterocycles. The summed E-state index contributed by atoms with van der Waals surface area (Å²) in [5.41, 5.74) is 1.25. The fourth-order valence-electron chi connectivity index (χ4n) is 4.24. The van der Waals surface area contributed by atoms with Crippen LogP contribution < -0.4 is 19.5 Å².